The van der Waals surface area contributed by atoms with Crippen LogP contribution >= 0.6 is 0 Å². The fraction of sp³-hybridized carbons (Fsp3) is 0.565. The van der Waals surface area contributed by atoms with Crippen LogP contribution in [-0.4, -0.2) is 0 Å². The van der Waals surface area contributed by atoms with Gasteiger partial charge < -0.3 is 9.32 Å². The molecule has 1 unspecified atom stereocenters. The molecule has 4 bridgehead atoms. The van der Waals surface area contributed by atoms with Gasteiger partial charge in [-0.2, -0.15) is 0 Å². The molecule has 0 N–H and O–H groups in total. The van der Waals surface area contributed by atoms with E-state index in [0.717, 1.165) is 23.7 Å². The van der Waals surface area contributed by atoms with Gasteiger partial charge in [0.2, 0.25) is 0 Å². The fourth-order valence-electron chi connectivity index (χ4n) is 7.52. The predicted molar refractivity (Wildman–Crippen MR) is 99.5 cm³/mol. The number of benzene rings is 1. The third-order valence-electron chi connectivity index (χ3n) is 8.05. The van der Waals surface area contributed by atoms with Crippen LogP contribution in [0.3, 0.4) is 0 Å². The minimum absolute atomic E-state index is 0.182. The van der Waals surface area contributed by atoms with E-state index in [2.05, 4.69) is 49.1 Å². The molecule has 1 aliphatic heterocycles. The van der Waals surface area contributed by atoms with E-state index in [1.54, 1.807) is 0 Å². The second-order valence-corrected chi connectivity index (χ2v) is 9.16. The van der Waals surface area contributed by atoms with E-state index in [9.17, 15) is 0 Å². The Morgan fingerprint density at radius 3 is 2.32 bits per heavy atom. The van der Waals surface area contributed by atoms with Crippen molar-refractivity contribution in [2.75, 3.05) is 4.90 Å². The summed E-state index contributed by atoms with van der Waals surface area (Å²) in [7, 11) is 0. The van der Waals surface area contributed by atoms with Crippen LogP contribution in [0.15, 0.2) is 41.0 Å². The largest absolute Gasteiger partial charge is 0.467 e. The van der Waals surface area contributed by atoms with Gasteiger partial charge in [0, 0.05) is 11.3 Å². The summed E-state index contributed by atoms with van der Waals surface area (Å²) in [5.74, 6) is 4.79. The first-order valence-electron chi connectivity index (χ1n) is 10.1. The van der Waals surface area contributed by atoms with Crippen LogP contribution in [0.4, 0.5) is 5.69 Å². The van der Waals surface area contributed by atoms with Gasteiger partial charge in [-0.1, -0.05) is 18.2 Å². The van der Waals surface area contributed by atoms with Crippen molar-refractivity contribution >= 4 is 5.69 Å². The maximum absolute atomic E-state index is 6.07. The van der Waals surface area contributed by atoms with E-state index in [4.69, 9.17) is 4.42 Å². The van der Waals surface area contributed by atoms with Gasteiger partial charge in [-0.3, -0.25) is 0 Å². The van der Waals surface area contributed by atoms with Crippen molar-refractivity contribution in [2.45, 2.75) is 57.5 Å². The predicted octanol–water partition coefficient (Wildman–Crippen LogP) is 5.82. The monoisotopic (exact) mass is 333 g/mol. The molecule has 4 saturated carbocycles. The van der Waals surface area contributed by atoms with Crippen molar-refractivity contribution < 1.29 is 4.42 Å². The van der Waals surface area contributed by atoms with Crippen LogP contribution in [0.5, 0.6) is 0 Å². The normalized spacial score (nSPS) is 40.9. The number of hydrogen-bond acceptors (Lipinski definition) is 2. The lowest BCUT2D eigenvalue weighted by molar-refractivity contribution is -0.0602. The van der Waals surface area contributed by atoms with Crippen LogP contribution in [0.2, 0.25) is 0 Å². The van der Waals surface area contributed by atoms with Crippen molar-refractivity contribution in [2.24, 2.45) is 23.7 Å². The van der Waals surface area contributed by atoms with Crippen LogP contribution in [-0.2, 0) is 5.54 Å². The van der Waals surface area contributed by atoms with E-state index in [0.29, 0.717) is 6.04 Å². The molecule has 1 spiro atoms. The van der Waals surface area contributed by atoms with Crippen molar-refractivity contribution in [3.05, 3.63) is 53.5 Å². The lowest BCUT2D eigenvalue weighted by Gasteiger charge is -2.63. The van der Waals surface area contributed by atoms with Crippen molar-refractivity contribution in [1.29, 1.82) is 0 Å². The maximum Gasteiger partial charge on any atom is 0.131 e. The summed E-state index contributed by atoms with van der Waals surface area (Å²) in [6, 6.07) is 11.6. The quantitative estimate of drug-likeness (QED) is 0.654. The Labute approximate surface area is 150 Å². The molecule has 4 fully saturated rings. The average Bonchev–Trinajstić information content (AvgIpc) is 3.15. The highest BCUT2D eigenvalue weighted by molar-refractivity contribution is 5.63. The number of anilines is 1. The van der Waals surface area contributed by atoms with Gasteiger partial charge in [-0.25, -0.2) is 0 Å². The molecule has 5 aliphatic rings. The van der Waals surface area contributed by atoms with Crippen LogP contribution in [0, 0.1) is 30.6 Å². The molecule has 25 heavy (non-hydrogen) atoms. The van der Waals surface area contributed by atoms with Gasteiger partial charge in [0.15, 0.2) is 0 Å². The molecule has 4 aliphatic carbocycles. The molecule has 7 rings (SSSR count). The summed E-state index contributed by atoms with van der Waals surface area (Å²) in [4.78, 5) is 2.80. The van der Waals surface area contributed by atoms with Crippen molar-refractivity contribution in [3.8, 4) is 0 Å². The third-order valence-corrected chi connectivity index (χ3v) is 8.05. The number of rotatable bonds is 1. The molecule has 1 atom stereocenters. The molecular formula is C23H27NO. The second-order valence-electron chi connectivity index (χ2n) is 9.16. The summed E-state index contributed by atoms with van der Waals surface area (Å²) >= 11 is 0. The first-order valence-corrected chi connectivity index (χ1v) is 10.1. The standard InChI is InChI=1S/C23H27NO/c1-14-5-3-4-6-21(14)24-15(2)22-20(7-8-25-22)23(24)18-10-16-9-17(12-18)13-19(23)11-16/h3-8,15-19H,9-13H2,1-2H3. The average molecular weight is 333 g/mol. The number of nitrogens with zero attached hydrogens (tertiary/aromatic N) is 1. The van der Waals surface area contributed by atoms with Crippen LogP contribution < -0.4 is 4.90 Å². The Kier molecular flexibility index (Phi) is 2.73. The smallest absolute Gasteiger partial charge is 0.131 e. The zero-order valence-electron chi connectivity index (χ0n) is 15.2. The van der Waals surface area contributed by atoms with Crippen molar-refractivity contribution in [1.82, 2.24) is 0 Å². The van der Waals surface area contributed by atoms with Gasteiger partial charge in [-0.05, 0) is 87.3 Å². The van der Waals surface area contributed by atoms with Gasteiger partial charge in [0.1, 0.15) is 5.76 Å². The number of hydrogen-bond donors (Lipinski definition) is 0. The molecule has 2 nitrogen and oxygen atoms in total. The van der Waals surface area contributed by atoms with E-state index in [1.807, 2.05) is 6.26 Å². The zero-order valence-corrected chi connectivity index (χ0v) is 15.2. The van der Waals surface area contributed by atoms with Crippen LogP contribution in [0.25, 0.3) is 0 Å². The lowest BCUT2D eigenvalue weighted by atomic mass is 9.47. The van der Waals surface area contributed by atoms with Gasteiger partial charge in [0.25, 0.3) is 0 Å². The summed E-state index contributed by atoms with van der Waals surface area (Å²) in [5, 5.41) is 0. The van der Waals surface area contributed by atoms with E-state index in [1.165, 1.54) is 54.7 Å². The van der Waals surface area contributed by atoms with Gasteiger partial charge in [-0.15, -0.1) is 0 Å². The van der Waals surface area contributed by atoms with E-state index >= 15 is 0 Å². The summed E-state index contributed by atoms with van der Waals surface area (Å²) < 4.78 is 6.07. The number of furan rings is 1. The summed E-state index contributed by atoms with van der Waals surface area (Å²) in [5.41, 5.74) is 4.53. The minimum Gasteiger partial charge on any atom is -0.467 e. The highest BCUT2D eigenvalue weighted by Crippen LogP contribution is 2.68. The zero-order chi connectivity index (χ0) is 16.8. The molecule has 0 amide bonds. The Hall–Kier alpha value is -1.70. The first-order chi connectivity index (χ1) is 12.2. The van der Waals surface area contributed by atoms with Gasteiger partial charge in [0.05, 0.1) is 17.8 Å². The molecule has 1 aromatic carbocycles. The maximum atomic E-state index is 6.07. The van der Waals surface area contributed by atoms with Gasteiger partial charge >= 0.3 is 0 Å². The Bertz CT molecular complexity index is 806. The third kappa shape index (κ3) is 1.62. The second kappa shape index (κ2) is 4.72. The topological polar surface area (TPSA) is 16.4 Å². The Balaban J connectivity index is 1.61. The fourth-order valence-corrected chi connectivity index (χ4v) is 7.52. The number of aryl methyl sites for hydroxylation is 1. The molecular weight excluding hydrogens is 306 g/mol. The lowest BCUT2D eigenvalue weighted by Crippen LogP contribution is -2.62. The first kappa shape index (κ1) is 14.5. The highest BCUT2D eigenvalue weighted by atomic mass is 16.3. The van der Waals surface area contributed by atoms with Crippen molar-refractivity contribution in [3.63, 3.8) is 0 Å². The number of fused-ring (bicyclic) bond motifs is 1. The minimum atomic E-state index is 0.182. The molecule has 1 aromatic heterocycles. The Morgan fingerprint density at radius 2 is 1.64 bits per heavy atom. The summed E-state index contributed by atoms with van der Waals surface area (Å²) in [6.45, 7) is 4.63. The molecule has 2 heterocycles. The van der Waals surface area contributed by atoms with Crippen LogP contribution in [0.1, 0.15) is 62.0 Å². The highest BCUT2D eigenvalue weighted by Gasteiger charge is 2.65. The van der Waals surface area contributed by atoms with E-state index < -0.39 is 0 Å². The molecule has 130 valence electrons. The SMILES string of the molecule is Cc1ccccc1N1C(C)c2occc2C12C1CC3CC(C1)CC2C3. The Morgan fingerprint density at radius 1 is 0.960 bits per heavy atom. The summed E-state index contributed by atoms with van der Waals surface area (Å²) in [6.07, 6.45) is 9.14. The number of para-hydroxylation sites is 1. The molecule has 0 radical (unpaired) electrons. The van der Waals surface area contributed by atoms with E-state index in [-0.39, 0.29) is 5.54 Å². The molecule has 2 heteroatoms. The molecule has 2 aromatic rings. The molecule has 0 saturated heterocycles.